The number of rotatable bonds is 4. The summed E-state index contributed by atoms with van der Waals surface area (Å²) in [6, 6.07) is 9.67. The maximum Gasteiger partial charge on any atom is 0.341 e. The Morgan fingerprint density at radius 1 is 1.18 bits per heavy atom. The summed E-state index contributed by atoms with van der Waals surface area (Å²) < 4.78 is 20.5. The van der Waals surface area contributed by atoms with Crippen LogP contribution < -0.4 is 10.4 Å². The molecule has 2 heterocycles. The molecule has 112 valence electrons. The standard InChI is InChI=1S/C16H12O6/c1-19-16(18)12-6-7-20-14(12)9-21-11-4-2-10-3-5-15(17)22-13(10)8-11/h2-8H,9H2,1H3. The third-order valence-electron chi connectivity index (χ3n) is 3.12. The van der Waals surface area contributed by atoms with Crippen LogP contribution in [0.15, 0.2) is 56.3 Å². The minimum atomic E-state index is -0.489. The average Bonchev–Trinajstić information content (AvgIpc) is 3.00. The van der Waals surface area contributed by atoms with Crippen LogP contribution in [0.2, 0.25) is 0 Å². The van der Waals surface area contributed by atoms with Crippen LogP contribution >= 0.6 is 0 Å². The van der Waals surface area contributed by atoms with E-state index in [1.165, 1.54) is 25.5 Å². The zero-order chi connectivity index (χ0) is 15.5. The van der Waals surface area contributed by atoms with E-state index in [9.17, 15) is 9.59 Å². The van der Waals surface area contributed by atoms with Crippen molar-refractivity contribution in [3.05, 3.63) is 64.4 Å². The van der Waals surface area contributed by atoms with E-state index in [0.29, 0.717) is 22.7 Å². The van der Waals surface area contributed by atoms with E-state index in [1.807, 2.05) is 0 Å². The number of esters is 1. The summed E-state index contributed by atoms with van der Waals surface area (Å²) in [6.07, 6.45) is 1.39. The summed E-state index contributed by atoms with van der Waals surface area (Å²) in [5.41, 5.74) is 0.316. The van der Waals surface area contributed by atoms with Crippen LogP contribution in [0.1, 0.15) is 16.1 Å². The number of hydrogen-bond acceptors (Lipinski definition) is 6. The van der Waals surface area contributed by atoms with Gasteiger partial charge in [0.05, 0.1) is 13.4 Å². The number of carbonyl (C=O) groups excluding carboxylic acids is 1. The molecule has 0 atom stereocenters. The van der Waals surface area contributed by atoms with Crippen molar-refractivity contribution in [1.29, 1.82) is 0 Å². The van der Waals surface area contributed by atoms with Gasteiger partial charge in [0.25, 0.3) is 0 Å². The molecule has 0 aliphatic rings. The second kappa shape index (κ2) is 5.77. The number of methoxy groups -OCH3 is 1. The van der Waals surface area contributed by atoms with Gasteiger partial charge in [-0.2, -0.15) is 0 Å². The number of hydrogen-bond donors (Lipinski definition) is 0. The molecule has 0 radical (unpaired) electrons. The van der Waals surface area contributed by atoms with Gasteiger partial charge in [-0.15, -0.1) is 0 Å². The molecule has 0 unspecified atom stereocenters. The highest BCUT2D eigenvalue weighted by Gasteiger charge is 2.15. The number of ether oxygens (including phenoxy) is 2. The van der Waals surface area contributed by atoms with Crippen molar-refractivity contribution < 1.29 is 23.1 Å². The van der Waals surface area contributed by atoms with Gasteiger partial charge in [0.2, 0.25) is 0 Å². The molecule has 0 fully saturated rings. The highest BCUT2D eigenvalue weighted by molar-refractivity contribution is 5.90. The van der Waals surface area contributed by atoms with Gasteiger partial charge in [0.1, 0.15) is 23.5 Å². The van der Waals surface area contributed by atoms with Crippen molar-refractivity contribution >= 4 is 16.9 Å². The molecule has 0 amide bonds. The molecular formula is C16H12O6. The molecule has 1 aromatic carbocycles. The number of furan rings is 1. The first kappa shape index (κ1) is 13.9. The number of carbonyl (C=O) groups is 1. The smallest absolute Gasteiger partial charge is 0.341 e. The SMILES string of the molecule is COC(=O)c1ccoc1COc1ccc2ccc(=O)oc2c1. The quantitative estimate of drug-likeness (QED) is 0.544. The van der Waals surface area contributed by atoms with Gasteiger partial charge in [-0.1, -0.05) is 0 Å². The Balaban J connectivity index is 1.81. The summed E-state index contributed by atoms with van der Waals surface area (Å²) in [5.74, 6) is 0.368. The maximum atomic E-state index is 11.5. The number of fused-ring (bicyclic) bond motifs is 1. The molecule has 0 saturated heterocycles. The van der Waals surface area contributed by atoms with Crippen LogP contribution in [-0.4, -0.2) is 13.1 Å². The van der Waals surface area contributed by atoms with E-state index in [0.717, 1.165) is 5.39 Å². The molecule has 0 aliphatic carbocycles. The zero-order valence-electron chi connectivity index (χ0n) is 11.7. The molecule has 0 aliphatic heterocycles. The maximum absolute atomic E-state index is 11.5. The molecular weight excluding hydrogens is 288 g/mol. The lowest BCUT2D eigenvalue weighted by molar-refractivity contribution is 0.0595. The third kappa shape index (κ3) is 2.71. The molecule has 0 bridgehead atoms. The Morgan fingerprint density at radius 3 is 2.82 bits per heavy atom. The van der Waals surface area contributed by atoms with Gasteiger partial charge in [0.15, 0.2) is 5.76 Å². The summed E-state index contributed by atoms with van der Waals surface area (Å²) in [6.45, 7) is 0.0556. The van der Waals surface area contributed by atoms with E-state index in [1.54, 1.807) is 24.3 Å². The summed E-state index contributed by atoms with van der Waals surface area (Å²) in [7, 11) is 1.30. The Morgan fingerprint density at radius 2 is 2.00 bits per heavy atom. The molecule has 2 aromatic heterocycles. The second-order valence-electron chi connectivity index (χ2n) is 4.49. The van der Waals surface area contributed by atoms with Gasteiger partial charge < -0.3 is 18.3 Å². The Labute approximate surface area is 124 Å². The van der Waals surface area contributed by atoms with E-state index >= 15 is 0 Å². The van der Waals surface area contributed by atoms with Crippen LogP contribution in [0, 0.1) is 0 Å². The molecule has 0 saturated carbocycles. The van der Waals surface area contributed by atoms with Crippen molar-refractivity contribution in [2.45, 2.75) is 6.61 Å². The van der Waals surface area contributed by atoms with Crippen molar-refractivity contribution in [1.82, 2.24) is 0 Å². The van der Waals surface area contributed by atoms with Gasteiger partial charge >= 0.3 is 11.6 Å². The van der Waals surface area contributed by atoms with Crippen molar-refractivity contribution in [2.24, 2.45) is 0 Å². The van der Waals surface area contributed by atoms with Crippen LogP contribution in [0.4, 0.5) is 0 Å². The Kier molecular flexibility index (Phi) is 3.65. The van der Waals surface area contributed by atoms with Crippen LogP contribution in [0.25, 0.3) is 11.0 Å². The van der Waals surface area contributed by atoms with E-state index < -0.39 is 11.6 Å². The third-order valence-corrected chi connectivity index (χ3v) is 3.12. The van der Waals surface area contributed by atoms with Crippen LogP contribution in [-0.2, 0) is 11.3 Å². The lowest BCUT2D eigenvalue weighted by atomic mass is 10.2. The highest BCUT2D eigenvalue weighted by Crippen LogP contribution is 2.21. The first-order valence-electron chi connectivity index (χ1n) is 6.49. The molecule has 6 heteroatoms. The fourth-order valence-corrected chi connectivity index (χ4v) is 2.02. The summed E-state index contributed by atoms with van der Waals surface area (Å²) in [5, 5.41) is 0.792. The van der Waals surface area contributed by atoms with Gasteiger partial charge in [-0.25, -0.2) is 9.59 Å². The second-order valence-corrected chi connectivity index (χ2v) is 4.49. The molecule has 0 N–H and O–H groups in total. The summed E-state index contributed by atoms with van der Waals surface area (Å²) >= 11 is 0. The number of benzene rings is 1. The van der Waals surface area contributed by atoms with E-state index in [2.05, 4.69) is 4.74 Å². The topological polar surface area (TPSA) is 78.9 Å². The lowest BCUT2D eigenvalue weighted by Crippen LogP contribution is -2.05. The highest BCUT2D eigenvalue weighted by atomic mass is 16.5. The van der Waals surface area contributed by atoms with E-state index in [4.69, 9.17) is 13.6 Å². The molecule has 3 rings (SSSR count). The zero-order valence-corrected chi connectivity index (χ0v) is 11.7. The largest absolute Gasteiger partial charge is 0.485 e. The minimum Gasteiger partial charge on any atom is -0.485 e. The fourth-order valence-electron chi connectivity index (χ4n) is 2.02. The van der Waals surface area contributed by atoms with Crippen molar-refractivity contribution in [3.63, 3.8) is 0 Å². The van der Waals surface area contributed by atoms with Crippen molar-refractivity contribution in [2.75, 3.05) is 7.11 Å². The molecule has 3 aromatic rings. The minimum absolute atomic E-state index is 0.0556. The predicted octanol–water partition coefficient (Wildman–Crippen LogP) is 2.75. The van der Waals surface area contributed by atoms with Gasteiger partial charge in [0, 0.05) is 17.5 Å². The summed E-state index contributed by atoms with van der Waals surface area (Å²) in [4.78, 5) is 22.7. The average molecular weight is 300 g/mol. The van der Waals surface area contributed by atoms with Crippen LogP contribution in [0.5, 0.6) is 5.75 Å². The van der Waals surface area contributed by atoms with E-state index in [-0.39, 0.29) is 6.61 Å². The normalized spacial score (nSPS) is 10.6. The Bertz CT molecular complexity index is 873. The Hall–Kier alpha value is -3.02. The molecule has 22 heavy (non-hydrogen) atoms. The molecule has 0 spiro atoms. The first-order valence-corrected chi connectivity index (χ1v) is 6.49. The predicted molar refractivity (Wildman–Crippen MR) is 76.9 cm³/mol. The first-order chi connectivity index (χ1) is 10.7. The monoisotopic (exact) mass is 300 g/mol. The van der Waals surface area contributed by atoms with Crippen LogP contribution in [0.3, 0.4) is 0 Å². The fraction of sp³-hybridized carbons (Fsp3) is 0.125. The lowest BCUT2D eigenvalue weighted by Gasteiger charge is -2.06. The molecule has 6 nitrogen and oxygen atoms in total. The van der Waals surface area contributed by atoms with Gasteiger partial charge in [-0.3, -0.25) is 0 Å². The van der Waals surface area contributed by atoms with Crippen molar-refractivity contribution in [3.8, 4) is 5.75 Å². The van der Waals surface area contributed by atoms with Gasteiger partial charge in [-0.05, 0) is 24.3 Å².